The van der Waals surface area contributed by atoms with Gasteiger partial charge in [-0.3, -0.25) is 14.9 Å². The lowest BCUT2D eigenvalue weighted by Crippen LogP contribution is -2.49. The van der Waals surface area contributed by atoms with E-state index in [9.17, 15) is 14.9 Å². The summed E-state index contributed by atoms with van der Waals surface area (Å²) in [6.07, 6.45) is 0. The molecule has 4 rings (SSSR count). The summed E-state index contributed by atoms with van der Waals surface area (Å²) >= 11 is 6.11. The highest BCUT2D eigenvalue weighted by Gasteiger charge is 2.25. The van der Waals surface area contributed by atoms with E-state index >= 15 is 0 Å². The van der Waals surface area contributed by atoms with Crippen LogP contribution in [0.4, 0.5) is 11.5 Å². The van der Waals surface area contributed by atoms with E-state index in [0.717, 1.165) is 22.8 Å². The molecule has 166 valence electrons. The highest BCUT2D eigenvalue weighted by atomic mass is 35.5. The first kappa shape index (κ1) is 21.7. The number of anilines is 1. The van der Waals surface area contributed by atoms with Crippen molar-refractivity contribution in [3.8, 4) is 5.82 Å². The van der Waals surface area contributed by atoms with Gasteiger partial charge >= 0.3 is 0 Å². The third-order valence-corrected chi connectivity index (χ3v) is 6.10. The maximum Gasteiger partial charge on any atom is 0.270 e. The second-order valence-corrected chi connectivity index (χ2v) is 8.07. The fraction of sp³-hybridized carbons (Fsp3) is 0.333. The van der Waals surface area contributed by atoms with E-state index in [-0.39, 0.29) is 22.2 Å². The van der Waals surface area contributed by atoms with Gasteiger partial charge in [0.1, 0.15) is 0 Å². The van der Waals surface area contributed by atoms with Crippen molar-refractivity contribution in [2.45, 2.75) is 20.8 Å². The molecule has 0 bridgehead atoms. The molecule has 1 fully saturated rings. The van der Waals surface area contributed by atoms with Crippen LogP contribution in [0, 0.1) is 30.9 Å². The molecule has 0 aliphatic carbocycles. The topological polar surface area (TPSA) is 110 Å². The molecule has 2 aromatic heterocycles. The third kappa shape index (κ3) is 4.01. The molecule has 3 heterocycles. The number of amides is 1. The van der Waals surface area contributed by atoms with Crippen molar-refractivity contribution in [3.05, 3.63) is 68.0 Å². The summed E-state index contributed by atoms with van der Waals surface area (Å²) in [5.74, 6) is 1.14. The lowest BCUT2D eigenvalue weighted by molar-refractivity contribution is -0.384. The molecule has 0 unspecified atom stereocenters. The number of carbonyl (C=O) groups is 1. The molecule has 11 heteroatoms. The maximum atomic E-state index is 12.8. The molecular formula is C21H22ClN7O3. The van der Waals surface area contributed by atoms with E-state index in [4.69, 9.17) is 11.6 Å². The van der Waals surface area contributed by atoms with Gasteiger partial charge in [0, 0.05) is 44.0 Å². The average molecular weight is 456 g/mol. The number of hydrogen-bond acceptors (Lipinski definition) is 7. The Hall–Kier alpha value is -3.53. The summed E-state index contributed by atoms with van der Waals surface area (Å²) < 4.78 is 1.78. The van der Waals surface area contributed by atoms with Crippen LogP contribution in [-0.4, -0.2) is 61.9 Å². The number of hydrogen-bond donors (Lipinski definition) is 0. The number of rotatable bonds is 4. The van der Waals surface area contributed by atoms with Gasteiger partial charge in [-0.1, -0.05) is 11.6 Å². The van der Waals surface area contributed by atoms with Gasteiger partial charge in [0.05, 0.1) is 21.2 Å². The van der Waals surface area contributed by atoms with E-state index in [0.29, 0.717) is 32.0 Å². The normalized spacial score (nSPS) is 14.0. The summed E-state index contributed by atoms with van der Waals surface area (Å²) in [5.41, 5.74) is 3.23. The van der Waals surface area contributed by atoms with E-state index < -0.39 is 4.92 Å². The molecule has 0 N–H and O–H groups in total. The predicted molar refractivity (Wildman–Crippen MR) is 120 cm³/mol. The number of nitrogens with zero attached hydrogens (tertiary/aromatic N) is 7. The molecule has 32 heavy (non-hydrogen) atoms. The van der Waals surface area contributed by atoms with E-state index in [1.165, 1.54) is 18.2 Å². The van der Waals surface area contributed by atoms with Gasteiger partial charge in [-0.2, -0.15) is 5.10 Å². The monoisotopic (exact) mass is 455 g/mol. The van der Waals surface area contributed by atoms with Crippen LogP contribution in [0.15, 0.2) is 30.3 Å². The zero-order valence-corrected chi connectivity index (χ0v) is 18.7. The van der Waals surface area contributed by atoms with Crippen LogP contribution in [0.1, 0.15) is 27.3 Å². The van der Waals surface area contributed by atoms with E-state index in [2.05, 4.69) is 20.2 Å². The van der Waals surface area contributed by atoms with Crippen molar-refractivity contribution in [2.24, 2.45) is 0 Å². The Bertz CT molecular complexity index is 1180. The quantitative estimate of drug-likeness (QED) is 0.439. The number of non-ortho nitro benzene ring substituents is 1. The van der Waals surface area contributed by atoms with Crippen LogP contribution >= 0.6 is 11.6 Å². The van der Waals surface area contributed by atoms with Crippen molar-refractivity contribution < 1.29 is 9.72 Å². The second-order valence-electron chi connectivity index (χ2n) is 7.66. The molecule has 1 aromatic carbocycles. The first-order valence-corrected chi connectivity index (χ1v) is 10.5. The SMILES string of the molecule is Cc1nn(-c2ccc(N3CCN(C(=O)c4ccc([N+](=O)[O-])cc4Cl)CC3)nn2)c(C)c1C. The molecule has 0 saturated carbocycles. The summed E-state index contributed by atoms with van der Waals surface area (Å²) in [7, 11) is 0. The van der Waals surface area contributed by atoms with Crippen molar-refractivity contribution in [2.75, 3.05) is 31.1 Å². The highest BCUT2D eigenvalue weighted by Crippen LogP contribution is 2.25. The van der Waals surface area contributed by atoms with Crippen LogP contribution in [0.3, 0.4) is 0 Å². The molecule has 1 amide bonds. The van der Waals surface area contributed by atoms with Crippen molar-refractivity contribution in [1.82, 2.24) is 24.9 Å². The van der Waals surface area contributed by atoms with Gasteiger partial charge in [-0.15, -0.1) is 10.2 Å². The standard InChI is InChI=1S/C21H22ClN7O3/c1-13-14(2)25-28(15(13)3)20-7-6-19(23-24-20)26-8-10-27(11-9-26)21(30)17-5-4-16(29(31)32)12-18(17)22/h4-7,12H,8-11H2,1-3H3. The van der Waals surface area contributed by atoms with Gasteiger partial charge in [0.25, 0.3) is 11.6 Å². The van der Waals surface area contributed by atoms with Gasteiger partial charge in [0.15, 0.2) is 11.6 Å². The number of nitro benzene ring substituents is 1. The van der Waals surface area contributed by atoms with Crippen LogP contribution in [-0.2, 0) is 0 Å². The summed E-state index contributed by atoms with van der Waals surface area (Å²) in [6, 6.07) is 7.68. The second kappa shape index (κ2) is 8.54. The fourth-order valence-corrected chi connectivity index (χ4v) is 3.90. The lowest BCUT2D eigenvalue weighted by Gasteiger charge is -2.35. The number of carbonyl (C=O) groups excluding carboxylic acids is 1. The number of nitro groups is 1. The van der Waals surface area contributed by atoms with Crippen LogP contribution in [0.2, 0.25) is 5.02 Å². The smallest absolute Gasteiger partial charge is 0.270 e. The van der Waals surface area contributed by atoms with Crippen LogP contribution in [0.25, 0.3) is 5.82 Å². The number of aryl methyl sites for hydroxylation is 1. The van der Waals surface area contributed by atoms with Gasteiger partial charge < -0.3 is 9.80 Å². The number of halogens is 1. The minimum atomic E-state index is -0.540. The first-order chi connectivity index (χ1) is 15.3. The minimum absolute atomic E-state index is 0.0764. The zero-order chi connectivity index (χ0) is 23.0. The van der Waals surface area contributed by atoms with E-state index in [1.54, 1.807) is 9.58 Å². The predicted octanol–water partition coefficient (Wildman–Crippen LogP) is 3.11. The molecule has 1 aliphatic rings. The molecule has 0 spiro atoms. The van der Waals surface area contributed by atoms with Crippen LogP contribution in [0.5, 0.6) is 0 Å². The number of aromatic nitrogens is 4. The Morgan fingerprint density at radius 3 is 2.22 bits per heavy atom. The molecule has 0 atom stereocenters. The van der Waals surface area contributed by atoms with Crippen molar-refractivity contribution >= 4 is 29.0 Å². The first-order valence-electron chi connectivity index (χ1n) is 10.1. The van der Waals surface area contributed by atoms with Crippen molar-refractivity contribution in [3.63, 3.8) is 0 Å². The van der Waals surface area contributed by atoms with Crippen LogP contribution < -0.4 is 4.90 Å². The number of piperazine rings is 1. The zero-order valence-electron chi connectivity index (χ0n) is 17.9. The number of benzene rings is 1. The molecule has 10 nitrogen and oxygen atoms in total. The average Bonchev–Trinajstić information content (AvgIpc) is 3.06. The Balaban J connectivity index is 1.42. The minimum Gasteiger partial charge on any atom is -0.352 e. The van der Waals surface area contributed by atoms with Crippen molar-refractivity contribution in [1.29, 1.82) is 0 Å². The Kier molecular flexibility index (Phi) is 5.79. The van der Waals surface area contributed by atoms with E-state index in [1.807, 2.05) is 32.9 Å². The molecule has 3 aromatic rings. The molecule has 0 radical (unpaired) electrons. The largest absolute Gasteiger partial charge is 0.352 e. The molecule has 1 aliphatic heterocycles. The maximum absolute atomic E-state index is 12.8. The van der Waals surface area contributed by atoms with Gasteiger partial charge in [-0.05, 0) is 44.5 Å². The summed E-state index contributed by atoms with van der Waals surface area (Å²) in [5, 5.41) is 24.1. The Labute approximate surface area is 189 Å². The lowest BCUT2D eigenvalue weighted by atomic mass is 10.1. The summed E-state index contributed by atoms with van der Waals surface area (Å²) in [4.78, 5) is 26.9. The highest BCUT2D eigenvalue weighted by molar-refractivity contribution is 6.34. The summed E-state index contributed by atoms with van der Waals surface area (Å²) in [6.45, 7) is 8.12. The third-order valence-electron chi connectivity index (χ3n) is 5.79. The molecular weight excluding hydrogens is 434 g/mol. The van der Waals surface area contributed by atoms with Gasteiger partial charge in [-0.25, -0.2) is 4.68 Å². The van der Waals surface area contributed by atoms with Gasteiger partial charge in [0.2, 0.25) is 0 Å². The Morgan fingerprint density at radius 1 is 1.03 bits per heavy atom. The Morgan fingerprint density at radius 2 is 1.69 bits per heavy atom. The fourth-order valence-electron chi connectivity index (χ4n) is 3.64. The molecule has 1 saturated heterocycles.